The van der Waals surface area contributed by atoms with Crippen LogP contribution < -0.4 is 0 Å². The first kappa shape index (κ1) is 28.2. The first-order valence-electron chi connectivity index (χ1n) is 11.3. The van der Waals surface area contributed by atoms with E-state index in [1.165, 1.54) is 119 Å². The third kappa shape index (κ3) is 19.5. The van der Waals surface area contributed by atoms with Crippen LogP contribution in [-0.4, -0.2) is 62.8 Å². The largest absolute Gasteiger partial charge is 0.726 e. The summed E-state index contributed by atoms with van der Waals surface area (Å²) in [6.07, 6.45) is 19.1. The van der Waals surface area contributed by atoms with Crippen LogP contribution in [-0.2, 0) is 14.6 Å². The summed E-state index contributed by atoms with van der Waals surface area (Å²) >= 11 is 2.14. The van der Waals surface area contributed by atoms with Crippen molar-refractivity contribution >= 4 is 22.2 Å². The van der Waals surface area contributed by atoms with Crippen molar-refractivity contribution in [1.82, 2.24) is 0 Å². The molecule has 0 spiro atoms. The van der Waals surface area contributed by atoms with Crippen molar-refractivity contribution in [1.29, 1.82) is 0 Å². The zero-order valence-corrected chi connectivity index (χ0v) is 20.3. The summed E-state index contributed by atoms with van der Waals surface area (Å²) in [5, 5.41) is 0. The number of thioether (sulfide) groups is 1. The normalized spacial score (nSPS) is 16.4. The van der Waals surface area contributed by atoms with E-state index in [-0.39, 0.29) is 0 Å². The molecule has 1 fully saturated rings. The Kier molecular flexibility index (Phi) is 18.1. The molecule has 0 bridgehead atoms. The van der Waals surface area contributed by atoms with Gasteiger partial charge in [-0.25, -0.2) is 8.42 Å². The van der Waals surface area contributed by atoms with Crippen molar-refractivity contribution in [3.05, 3.63) is 0 Å². The molecule has 170 valence electrons. The zero-order valence-electron chi connectivity index (χ0n) is 18.6. The topological polar surface area (TPSA) is 66.4 Å². The molecule has 0 unspecified atom stereocenters. The minimum Gasteiger partial charge on any atom is -0.726 e. The second-order valence-electron chi connectivity index (χ2n) is 8.22. The van der Waals surface area contributed by atoms with E-state index in [0.29, 0.717) is 0 Å². The average molecular weight is 440 g/mol. The van der Waals surface area contributed by atoms with E-state index >= 15 is 0 Å². The summed E-state index contributed by atoms with van der Waals surface area (Å²) in [7, 11) is -1.13. The molecule has 7 heteroatoms. The molecular formula is C21H45NO4S2. The highest BCUT2D eigenvalue weighted by molar-refractivity contribution is 7.99. The number of hydrogen-bond donors (Lipinski definition) is 0. The van der Waals surface area contributed by atoms with Gasteiger partial charge in [0.05, 0.1) is 33.8 Å². The lowest BCUT2D eigenvalue weighted by Gasteiger charge is -2.37. The van der Waals surface area contributed by atoms with Gasteiger partial charge in [0.2, 0.25) is 10.4 Å². The predicted octanol–water partition coefficient (Wildman–Crippen LogP) is 5.36. The molecule has 0 N–H and O–H groups in total. The fraction of sp³-hybridized carbons (Fsp3) is 1.00. The molecule has 1 rings (SSSR count). The van der Waals surface area contributed by atoms with Gasteiger partial charge in [-0.3, -0.25) is 4.18 Å². The summed E-state index contributed by atoms with van der Waals surface area (Å²) in [5.74, 6) is 2.77. The van der Waals surface area contributed by atoms with Crippen LogP contribution in [0.3, 0.4) is 0 Å². The minimum atomic E-state index is -4.41. The van der Waals surface area contributed by atoms with Crippen LogP contribution in [0.4, 0.5) is 0 Å². The van der Waals surface area contributed by atoms with Crippen LogP contribution in [0.5, 0.6) is 0 Å². The van der Waals surface area contributed by atoms with Crippen LogP contribution in [0.1, 0.15) is 90.4 Å². The maximum Gasteiger partial charge on any atom is 0.217 e. The van der Waals surface area contributed by atoms with Gasteiger partial charge >= 0.3 is 0 Å². The quantitative estimate of drug-likeness (QED) is 0.149. The van der Waals surface area contributed by atoms with E-state index in [0.717, 1.165) is 7.11 Å². The monoisotopic (exact) mass is 439 g/mol. The molecular weight excluding hydrogens is 394 g/mol. The Morgan fingerprint density at radius 2 is 1.18 bits per heavy atom. The molecule has 1 saturated heterocycles. The SMILES string of the molecule is CCCCCCCCCCCCCCC[N+]1(C)CCSCC1.COS(=O)(=O)[O-]. The fourth-order valence-corrected chi connectivity index (χ4v) is 4.86. The zero-order chi connectivity index (χ0) is 21.1. The average Bonchev–Trinajstić information content (AvgIpc) is 2.66. The molecule has 0 aliphatic carbocycles. The van der Waals surface area contributed by atoms with Crippen molar-refractivity contribution < 1.29 is 21.6 Å². The molecule has 0 amide bonds. The number of nitrogens with zero attached hydrogens (tertiary/aromatic N) is 1. The van der Waals surface area contributed by atoms with Crippen LogP contribution in [0.2, 0.25) is 0 Å². The Bertz CT molecular complexity index is 438. The molecule has 0 saturated carbocycles. The Labute approximate surface area is 179 Å². The molecule has 0 atom stereocenters. The summed E-state index contributed by atoms with van der Waals surface area (Å²) in [5.41, 5.74) is 0. The number of rotatable bonds is 15. The van der Waals surface area contributed by atoms with E-state index in [1.807, 2.05) is 0 Å². The number of unbranched alkanes of at least 4 members (excludes halogenated alkanes) is 12. The van der Waals surface area contributed by atoms with E-state index < -0.39 is 10.4 Å². The van der Waals surface area contributed by atoms with E-state index in [9.17, 15) is 13.0 Å². The van der Waals surface area contributed by atoms with Gasteiger partial charge in [0.25, 0.3) is 0 Å². The van der Waals surface area contributed by atoms with E-state index in [2.05, 4.69) is 29.9 Å². The summed E-state index contributed by atoms with van der Waals surface area (Å²) in [4.78, 5) is 0. The van der Waals surface area contributed by atoms with Crippen LogP contribution in [0.15, 0.2) is 0 Å². The molecule has 5 nitrogen and oxygen atoms in total. The maximum atomic E-state index is 9.22. The standard InChI is InChI=1S/C20H42NS.CH4O4S/c1-3-4-5-6-7-8-9-10-11-12-13-14-15-16-21(2)17-19-22-20-18-21;1-5-6(2,3)4/h3-20H2,1-2H3;1H3,(H,2,3,4)/q+1;/p-1. The van der Waals surface area contributed by atoms with Gasteiger partial charge in [0.1, 0.15) is 0 Å². The third-order valence-corrected chi connectivity index (χ3v) is 6.91. The Balaban J connectivity index is 0.00000105. The first-order chi connectivity index (χ1) is 13.3. The maximum absolute atomic E-state index is 9.22. The third-order valence-electron chi connectivity index (χ3n) is 5.56. The van der Waals surface area contributed by atoms with Gasteiger partial charge in [0.15, 0.2) is 0 Å². The van der Waals surface area contributed by atoms with E-state index in [1.54, 1.807) is 0 Å². The molecule has 0 radical (unpaired) electrons. The van der Waals surface area contributed by atoms with Crippen LogP contribution >= 0.6 is 11.8 Å². The molecule has 1 aliphatic rings. The van der Waals surface area contributed by atoms with Crippen LogP contribution in [0.25, 0.3) is 0 Å². The Hall–Kier alpha value is 0.180. The first-order valence-corrected chi connectivity index (χ1v) is 13.7. The van der Waals surface area contributed by atoms with Crippen LogP contribution in [0, 0.1) is 0 Å². The summed E-state index contributed by atoms with van der Waals surface area (Å²) in [6, 6.07) is 0. The van der Waals surface area contributed by atoms with Crippen molar-refractivity contribution in [2.75, 3.05) is 45.3 Å². The smallest absolute Gasteiger partial charge is 0.217 e. The fourth-order valence-electron chi connectivity index (χ4n) is 3.52. The molecule has 0 aromatic heterocycles. The lowest BCUT2D eigenvalue weighted by molar-refractivity contribution is -0.906. The predicted molar refractivity (Wildman–Crippen MR) is 121 cm³/mol. The van der Waals surface area contributed by atoms with Gasteiger partial charge in [-0.05, 0) is 12.8 Å². The summed E-state index contributed by atoms with van der Waals surface area (Å²) < 4.78 is 32.4. The Morgan fingerprint density at radius 3 is 1.54 bits per heavy atom. The second kappa shape index (κ2) is 18.0. The second-order valence-corrected chi connectivity index (χ2v) is 10.6. The van der Waals surface area contributed by atoms with Gasteiger partial charge in [0, 0.05) is 11.5 Å². The summed E-state index contributed by atoms with van der Waals surface area (Å²) in [6.45, 7) is 6.54. The molecule has 1 heterocycles. The van der Waals surface area contributed by atoms with Crippen molar-refractivity contribution in [2.45, 2.75) is 90.4 Å². The lowest BCUT2D eigenvalue weighted by atomic mass is 10.0. The van der Waals surface area contributed by atoms with Gasteiger partial charge < -0.3 is 9.04 Å². The van der Waals surface area contributed by atoms with Crippen molar-refractivity contribution in [2.24, 2.45) is 0 Å². The number of hydrogen-bond acceptors (Lipinski definition) is 5. The Morgan fingerprint density at radius 1 is 0.821 bits per heavy atom. The number of quaternary nitrogens is 1. The highest BCUT2D eigenvalue weighted by atomic mass is 32.3. The van der Waals surface area contributed by atoms with Crippen molar-refractivity contribution in [3.63, 3.8) is 0 Å². The minimum absolute atomic E-state index is 0.808. The van der Waals surface area contributed by atoms with E-state index in [4.69, 9.17) is 0 Å². The molecule has 1 aliphatic heterocycles. The van der Waals surface area contributed by atoms with Crippen molar-refractivity contribution in [3.8, 4) is 0 Å². The van der Waals surface area contributed by atoms with Gasteiger partial charge in [-0.2, -0.15) is 11.8 Å². The molecule has 0 aromatic carbocycles. The van der Waals surface area contributed by atoms with Gasteiger partial charge in [-0.1, -0.05) is 77.6 Å². The molecule has 28 heavy (non-hydrogen) atoms. The lowest BCUT2D eigenvalue weighted by Crippen LogP contribution is -2.50. The molecule has 0 aromatic rings. The van der Waals surface area contributed by atoms with Gasteiger partial charge in [-0.15, -0.1) is 0 Å². The highest BCUT2D eigenvalue weighted by Crippen LogP contribution is 2.18. The highest BCUT2D eigenvalue weighted by Gasteiger charge is 2.23.